The molecule has 4 unspecified atom stereocenters. The molecule has 1 aromatic carbocycles. The molecular weight excluding hydrogens is 417 g/mol. The van der Waals surface area contributed by atoms with Crippen LogP contribution in [0.25, 0.3) is 0 Å². The van der Waals surface area contributed by atoms with Crippen molar-refractivity contribution >= 4 is 36.4 Å². The zero-order chi connectivity index (χ0) is 20.3. The van der Waals surface area contributed by atoms with Gasteiger partial charge in [0.15, 0.2) is 0 Å². The molecule has 1 rings (SSSR count). The number of amides is 1. The van der Waals surface area contributed by atoms with Gasteiger partial charge in [-0.15, -0.1) is 0 Å². The summed E-state index contributed by atoms with van der Waals surface area (Å²) in [6, 6.07) is 5.84. The molecule has 0 aliphatic rings. The molecule has 0 heterocycles. The first-order valence-electron chi connectivity index (χ1n) is 7.22. The molecule has 26 heavy (non-hydrogen) atoms. The third-order valence-corrected chi connectivity index (χ3v) is 5.50. The van der Waals surface area contributed by atoms with Crippen LogP contribution < -0.4 is 9.67 Å². The molecule has 12 heteroatoms. The van der Waals surface area contributed by atoms with E-state index in [4.69, 9.17) is 25.7 Å². The van der Waals surface area contributed by atoms with E-state index < -0.39 is 39.1 Å². The predicted molar refractivity (Wildman–Crippen MR) is 88.5 cm³/mol. The number of benzene rings is 1. The summed E-state index contributed by atoms with van der Waals surface area (Å²) in [6.07, 6.45) is -4.00. The van der Waals surface area contributed by atoms with Gasteiger partial charge in [-0.2, -0.15) is 0 Å². The van der Waals surface area contributed by atoms with E-state index in [1.165, 1.54) is 25.1 Å². The molecule has 0 saturated carbocycles. The van der Waals surface area contributed by atoms with E-state index in [1.807, 2.05) is 0 Å². The van der Waals surface area contributed by atoms with Crippen LogP contribution in [0.3, 0.4) is 0 Å². The Kier molecular flexibility index (Phi) is 11.2. The molecule has 0 aliphatic carbocycles. The summed E-state index contributed by atoms with van der Waals surface area (Å²) in [4.78, 5) is 20.6. The first-order valence-corrected chi connectivity index (χ1v) is 10.5. The summed E-state index contributed by atoms with van der Waals surface area (Å²) in [7, 11) is 0. The maximum atomic E-state index is 11.4. The summed E-state index contributed by atoms with van der Waals surface area (Å²) >= 11 is -4.92. The van der Waals surface area contributed by atoms with E-state index in [0.29, 0.717) is 6.29 Å². The largest absolute Gasteiger partial charge is 0.394 e. The number of aliphatic hydroxyl groups excluding tert-OH is 4. The topological polar surface area (TPSA) is 194 Å². The fourth-order valence-corrected chi connectivity index (χ4v) is 3.33. The van der Waals surface area contributed by atoms with Gasteiger partial charge in [0.05, 0.1) is 12.7 Å². The minimum atomic E-state index is -4.92. The zero-order valence-corrected chi connectivity index (χ0v) is 15.7. The number of carbonyl (C=O) groups excluding carboxylic acids is 2. The number of carbonyl (C=O) groups is 2. The van der Waals surface area contributed by atoms with E-state index >= 15 is 0 Å². The van der Waals surface area contributed by atoms with Crippen LogP contribution in [0.15, 0.2) is 24.3 Å². The number of anilines is 1. The van der Waals surface area contributed by atoms with Crippen molar-refractivity contribution in [3.05, 3.63) is 24.3 Å². The number of nitrogens with one attached hydrogen (secondary N) is 1. The molecule has 0 fully saturated rings. The Labute approximate surface area is 151 Å². The van der Waals surface area contributed by atoms with E-state index in [1.54, 1.807) is 6.07 Å². The Morgan fingerprint density at radius 3 is 2.31 bits per heavy atom. The third-order valence-electron chi connectivity index (χ3n) is 2.94. The van der Waals surface area contributed by atoms with Crippen LogP contribution in [0.1, 0.15) is 13.3 Å². The number of rotatable bonds is 8. The minimum absolute atomic E-state index is 0.103. The van der Waals surface area contributed by atoms with Crippen LogP contribution in [0.2, 0.25) is 0 Å². The summed E-state index contributed by atoms with van der Waals surface area (Å²) in [5.41, 5.74) is 0.157. The fraction of sp³-hybridized carbons (Fsp3) is 0.429. The fourth-order valence-electron chi connectivity index (χ4n) is 1.66. The van der Waals surface area contributed by atoms with E-state index in [9.17, 15) is 17.4 Å². The van der Waals surface area contributed by atoms with Gasteiger partial charge in [-0.05, 0) is 0 Å². The molecule has 148 valence electrons. The first-order chi connectivity index (χ1) is 12.1. The second kappa shape index (κ2) is 11.9. The predicted octanol–water partition coefficient (Wildman–Crippen LogP) is -2.65. The summed E-state index contributed by atoms with van der Waals surface area (Å²) < 4.78 is 24.1. The van der Waals surface area contributed by atoms with Gasteiger partial charge >= 0.3 is 88.4 Å². The quantitative estimate of drug-likeness (QED) is 0.0974. The van der Waals surface area contributed by atoms with Gasteiger partial charge in [0, 0.05) is 6.42 Å². The van der Waals surface area contributed by atoms with E-state index in [-0.39, 0.29) is 22.4 Å². The normalized spacial score (nSPS) is 16.3. The van der Waals surface area contributed by atoms with Crippen LogP contribution in [-0.4, -0.2) is 81.1 Å². The maximum absolute atomic E-state index is 11.4. The Morgan fingerprint density at radius 2 is 1.85 bits per heavy atom. The van der Waals surface area contributed by atoms with Gasteiger partial charge in [0.25, 0.3) is 0 Å². The summed E-state index contributed by atoms with van der Waals surface area (Å²) in [5.74, 6) is -0.379. The monoisotopic (exact) mass is 439 g/mol. The average Bonchev–Trinajstić information content (AvgIpc) is 2.61. The van der Waals surface area contributed by atoms with Crippen LogP contribution >= 0.6 is 0 Å². The van der Waals surface area contributed by atoms with Gasteiger partial charge < -0.3 is 25.2 Å². The second-order valence-corrected chi connectivity index (χ2v) is 8.55. The standard InChI is InChI=1S/C8H10AsNO5.C6H12O5/c1-6(11)10-8-5-3-2-4-7(8)9(12,13)15-14;7-2-1-4(9)6(11)5(10)3-8/h2-5,14H,1H3,(H,10,11)(H,12,13);2,4-6,8-11H,1,3H2. The molecule has 0 bridgehead atoms. The van der Waals surface area contributed by atoms with Gasteiger partial charge in [0.2, 0.25) is 0 Å². The molecule has 0 aliphatic heterocycles. The maximum Gasteiger partial charge on any atom is 0.122 e. The van der Waals surface area contributed by atoms with Crippen molar-refractivity contribution in [2.75, 3.05) is 11.9 Å². The van der Waals surface area contributed by atoms with Crippen molar-refractivity contribution in [1.82, 2.24) is 0 Å². The van der Waals surface area contributed by atoms with Crippen molar-refractivity contribution in [1.29, 1.82) is 0 Å². The van der Waals surface area contributed by atoms with Crippen molar-refractivity contribution in [2.45, 2.75) is 31.7 Å². The Balaban J connectivity index is 0.000000508. The molecule has 11 nitrogen and oxygen atoms in total. The SMILES string of the molecule is CC(=O)Nc1ccccc1[As](=O)(O)OO.O=CCC(O)C(O)C(O)CO. The summed E-state index contributed by atoms with van der Waals surface area (Å²) in [6.45, 7) is 0.628. The van der Waals surface area contributed by atoms with Crippen molar-refractivity contribution in [3.63, 3.8) is 0 Å². The third kappa shape index (κ3) is 8.21. The molecule has 0 aromatic heterocycles. The Bertz CT molecular complexity index is 625. The van der Waals surface area contributed by atoms with Gasteiger partial charge in [-0.25, -0.2) is 0 Å². The number of aldehydes is 1. The molecule has 1 amide bonds. The average molecular weight is 439 g/mol. The van der Waals surface area contributed by atoms with E-state index in [2.05, 4.69) is 9.19 Å². The van der Waals surface area contributed by atoms with Crippen LogP contribution in [0, 0.1) is 0 Å². The van der Waals surface area contributed by atoms with Gasteiger partial charge in [-0.3, -0.25) is 0 Å². The zero-order valence-electron chi connectivity index (χ0n) is 13.8. The number of para-hydroxylation sites is 1. The molecule has 4 atom stereocenters. The molecule has 7 N–H and O–H groups in total. The first kappa shape index (κ1) is 24.4. The minimum Gasteiger partial charge on any atom is -0.394 e. The Morgan fingerprint density at radius 1 is 1.27 bits per heavy atom. The molecule has 0 saturated heterocycles. The Hall–Kier alpha value is -1.56. The number of aliphatic hydroxyl groups is 4. The molecule has 0 spiro atoms. The van der Waals surface area contributed by atoms with Gasteiger partial charge in [0.1, 0.15) is 18.5 Å². The summed E-state index contributed by atoms with van der Waals surface area (Å²) in [5, 5.41) is 45.5. The molecule has 1 aromatic rings. The van der Waals surface area contributed by atoms with Crippen molar-refractivity contribution < 1.29 is 47.0 Å². The van der Waals surface area contributed by atoms with Gasteiger partial charge in [-0.1, -0.05) is 0 Å². The number of hydrogen-bond acceptors (Lipinski definition) is 9. The molecular formula is C14H22AsNO10. The number of hydrogen-bond donors (Lipinski definition) is 7. The van der Waals surface area contributed by atoms with Crippen LogP contribution in [-0.2, 0) is 17.2 Å². The van der Waals surface area contributed by atoms with E-state index in [0.717, 1.165) is 0 Å². The van der Waals surface area contributed by atoms with Crippen molar-refractivity contribution in [3.8, 4) is 0 Å². The van der Waals surface area contributed by atoms with Crippen LogP contribution in [0.4, 0.5) is 5.69 Å². The smallest absolute Gasteiger partial charge is 0.122 e. The molecule has 0 radical (unpaired) electrons. The second-order valence-electron chi connectivity index (χ2n) is 5.01. The van der Waals surface area contributed by atoms with Crippen LogP contribution in [0.5, 0.6) is 0 Å². The van der Waals surface area contributed by atoms with Crippen molar-refractivity contribution in [2.24, 2.45) is 0 Å².